The van der Waals surface area contributed by atoms with Crippen LogP contribution in [0.15, 0.2) is 18.2 Å². The summed E-state index contributed by atoms with van der Waals surface area (Å²) in [5.41, 5.74) is 1.95. The predicted molar refractivity (Wildman–Crippen MR) is 75.6 cm³/mol. The third kappa shape index (κ3) is 3.32. The van der Waals surface area contributed by atoms with Crippen LogP contribution in [0.5, 0.6) is 0 Å². The summed E-state index contributed by atoms with van der Waals surface area (Å²) in [7, 11) is 0. The van der Waals surface area contributed by atoms with E-state index in [-0.39, 0.29) is 11.9 Å². The van der Waals surface area contributed by atoms with Crippen molar-refractivity contribution in [2.75, 3.05) is 13.1 Å². The van der Waals surface area contributed by atoms with Gasteiger partial charge < -0.3 is 10.2 Å². The van der Waals surface area contributed by atoms with E-state index in [2.05, 4.69) is 17.2 Å². The Bertz CT molecular complexity index is 447. The van der Waals surface area contributed by atoms with Crippen LogP contribution < -0.4 is 5.32 Å². The molecule has 1 aliphatic rings. The molecule has 4 nitrogen and oxygen atoms in total. The maximum absolute atomic E-state index is 12.5. The van der Waals surface area contributed by atoms with E-state index in [1.165, 1.54) is 0 Å². The van der Waals surface area contributed by atoms with Gasteiger partial charge in [0.25, 0.3) is 0 Å². The van der Waals surface area contributed by atoms with Crippen molar-refractivity contribution in [1.29, 1.82) is 0 Å². The first-order valence-electron chi connectivity index (χ1n) is 7.06. The Morgan fingerprint density at radius 1 is 1.53 bits per heavy atom. The lowest BCUT2D eigenvalue weighted by molar-refractivity contribution is -0.134. The fraction of sp³-hybridized carbons (Fsp3) is 0.600. The summed E-state index contributed by atoms with van der Waals surface area (Å²) >= 11 is 0. The quantitative estimate of drug-likeness (QED) is 0.898. The fourth-order valence-electron chi connectivity index (χ4n) is 2.59. The fourth-order valence-corrected chi connectivity index (χ4v) is 2.59. The molecule has 0 aliphatic carbocycles. The SMILES string of the molecule is CCN(Cc1cccc(C)n1)C(=O)C1NCCC1C. The zero-order chi connectivity index (χ0) is 13.8. The van der Waals surface area contributed by atoms with Crippen LogP contribution in [0.3, 0.4) is 0 Å². The maximum Gasteiger partial charge on any atom is 0.240 e. The minimum Gasteiger partial charge on any atom is -0.336 e. The van der Waals surface area contributed by atoms with Crippen LogP contribution in [0.25, 0.3) is 0 Å². The van der Waals surface area contributed by atoms with Gasteiger partial charge in [-0.3, -0.25) is 9.78 Å². The van der Waals surface area contributed by atoms with E-state index < -0.39 is 0 Å². The Morgan fingerprint density at radius 2 is 2.32 bits per heavy atom. The zero-order valence-corrected chi connectivity index (χ0v) is 12.0. The molecule has 1 aromatic rings. The van der Waals surface area contributed by atoms with Gasteiger partial charge >= 0.3 is 0 Å². The van der Waals surface area contributed by atoms with Gasteiger partial charge in [0.05, 0.1) is 18.3 Å². The first kappa shape index (κ1) is 14.0. The molecular weight excluding hydrogens is 238 g/mol. The van der Waals surface area contributed by atoms with Gasteiger partial charge in [0.2, 0.25) is 5.91 Å². The number of rotatable bonds is 4. The first-order chi connectivity index (χ1) is 9.11. The average Bonchev–Trinajstić information content (AvgIpc) is 2.81. The Morgan fingerprint density at radius 3 is 2.89 bits per heavy atom. The van der Waals surface area contributed by atoms with E-state index in [0.29, 0.717) is 12.5 Å². The average molecular weight is 261 g/mol. The van der Waals surface area contributed by atoms with Crippen molar-refractivity contribution in [3.8, 4) is 0 Å². The van der Waals surface area contributed by atoms with Crippen LogP contribution in [-0.2, 0) is 11.3 Å². The molecule has 0 aromatic carbocycles. The lowest BCUT2D eigenvalue weighted by atomic mass is 10.0. The summed E-state index contributed by atoms with van der Waals surface area (Å²) in [6.07, 6.45) is 1.08. The highest BCUT2D eigenvalue weighted by Gasteiger charge is 2.32. The highest BCUT2D eigenvalue weighted by atomic mass is 16.2. The van der Waals surface area contributed by atoms with E-state index in [9.17, 15) is 4.79 Å². The van der Waals surface area contributed by atoms with Gasteiger partial charge in [-0.2, -0.15) is 0 Å². The molecule has 0 saturated carbocycles. The van der Waals surface area contributed by atoms with Crippen molar-refractivity contribution in [2.24, 2.45) is 5.92 Å². The maximum atomic E-state index is 12.5. The Kier molecular flexibility index (Phi) is 4.53. The second-order valence-electron chi connectivity index (χ2n) is 5.32. The van der Waals surface area contributed by atoms with Crippen LogP contribution in [-0.4, -0.2) is 34.9 Å². The predicted octanol–water partition coefficient (Wildman–Crippen LogP) is 1.74. The largest absolute Gasteiger partial charge is 0.336 e. The van der Waals surface area contributed by atoms with Crippen molar-refractivity contribution in [2.45, 2.75) is 39.8 Å². The van der Waals surface area contributed by atoms with Gasteiger partial charge in [0.1, 0.15) is 0 Å². The smallest absolute Gasteiger partial charge is 0.240 e. The number of likely N-dealkylation sites (N-methyl/N-ethyl adjacent to an activating group) is 1. The highest BCUT2D eigenvalue weighted by molar-refractivity contribution is 5.82. The lowest BCUT2D eigenvalue weighted by Gasteiger charge is -2.26. The van der Waals surface area contributed by atoms with E-state index in [1.807, 2.05) is 36.9 Å². The standard InChI is InChI=1S/C15H23N3O/c1-4-18(10-13-7-5-6-12(3)17-13)15(19)14-11(2)8-9-16-14/h5-7,11,14,16H,4,8-10H2,1-3H3. The third-order valence-corrected chi connectivity index (χ3v) is 3.79. The molecule has 1 aliphatic heterocycles. The molecule has 2 atom stereocenters. The molecule has 2 rings (SSSR count). The third-order valence-electron chi connectivity index (χ3n) is 3.79. The minimum atomic E-state index is -0.0234. The van der Waals surface area contributed by atoms with Gasteiger partial charge in [0.15, 0.2) is 0 Å². The zero-order valence-electron chi connectivity index (χ0n) is 12.0. The summed E-state index contributed by atoms with van der Waals surface area (Å²) in [6.45, 7) is 8.40. The molecule has 1 N–H and O–H groups in total. The molecule has 1 saturated heterocycles. The second kappa shape index (κ2) is 6.15. The second-order valence-corrected chi connectivity index (χ2v) is 5.32. The normalized spacial score (nSPS) is 22.5. The van der Waals surface area contributed by atoms with E-state index >= 15 is 0 Å². The molecule has 0 radical (unpaired) electrons. The van der Waals surface area contributed by atoms with Crippen molar-refractivity contribution in [1.82, 2.24) is 15.2 Å². The number of carbonyl (C=O) groups is 1. The van der Waals surface area contributed by atoms with Gasteiger partial charge in [-0.25, -0.2) is 0 Å². The van der Waals surface area contributed by atoms with Gasteiger partial charge in [-0.1, -0.05) is 13.0 Å². The number of aryl methyl sites for hydroxylation is 1. The molecule has 1 fully saturated rings. The first-order valence-corrected chi connectivity index (χ1v) is 7.06. The van der Waals surface area contributed by atoms with Crippen molar-refractivity contribution in [3.63, 3.8) is 0 Å². The number of nitrogens with one attached hydrogen (secondary N) is 1. The van der Waals surface area contributed by atoms with Crippen molar-refractivity contribution in [3.05, 3.63) is 29.6 Å². The molecule has 2 heterocycles. The molecular formula is C15H23N3O. The van der Waals surface area contributed by atoms with E-state index in [0.717, 1.165) is 30.9 Å². The number of nitrogens with zero attached hydrogens (tertiary/aromatic N) is 2. The molecule has 104 valence electrons. The summed E-state index contributed by atoms with van der Waals surface area (Å²) in [4.78, 5) is 18.9. The van der Waals surface area contributed by atoms with E-state index in [4.69, 9.17) is 0 Å². The van der Waals surface area contributed by atoms with Crippen LogP contribution >= 0.6 is 0 Å². The minimum absolute atomic E-state index is 0.0234. The Balaban J connectivity index is 2.05. The van der Waals surface area contributed by atoms with Gasteiger partial charge in [-0.15, -0.1) is 0 Å². The lowest BCUT2D eigenvalue weighted by Crippen LogP contribution is -2.45. The molecule has 2 unspecified atom stereocenters. The molecule has 4 heteroatoms. The van der Waals surface area contributed by atoms with E-state index in [1.54, 1.807) is 0 Å². The summed E-state index contributed by atoms with van der Waals surface area (Å²) in [6, 6.07) is 5.92. The highest BCUT2D eigenvalue weighted by Crippen LogP contribution is 2.17. The number of hydrogen-bond donors (Lipinski definition) is 1. The monoisotopic (exact) mass is 261 g/mol. The number of amides is 1. The molecule has 1 amide bonds. The molecule has 1 aromatic heterocycles. The summed E-state index contributed by atoms with van der Waals surface area (Å²) in [5, 5.41) is 3.31. The summed E-state index contributed by atoms with van der Waals surface area (Å²) in [5.74, 6) is 0.628. The van der Waals surface area contributed by atoms with Gasteiger partial charge in [-0.05, 0) is 44.9 Å². The Labute approximate surface area is 115 Å². The number of hydrogen-bond acceptors (Lipinski definition) is 3. The molecule has 0 spiro atoms. The van der Waals surface area contributed by atoms with Crippen LogP contribution in [0.2, 0.25) is 0 Å². The number of aromatic nitrogens is 1. The van der Waals surface area contributed by atoms with Crippen molar-refractivity contribution >= 4 is 5.91 Å². The van der Waals surface area contributed by atoms with Crippen LogP contribution in [0, 0.1) is 12.8 Å². The summed E-state index contributed by atoms with van der Waals surface area (Å²) < 4.78 is 0. The molecule has 19 heavy (non-hydrogen) atoms. The van der Waals surface area contributed by atoms with Crippen LogP contribution in [0.1, 0.15) is 31.7 Å². The number of pyridine rings is 1. The van der Waals surface area contributed by atoms with Gasteiger partial charge in [0, 0.05) is 12.2 Å². The number of carbonyl (C=O) groups excluding carboxylic acids is 1. The van der Waals surface area contributed by atoms with Crippen LogP contribution in [0.4, 0.5) is 0 Å². The molecule has 0 bridgehead atoms. The van der Waals surface area contributed by atoms with Crippen molar-refractivity contribution < 1.29 is 4.79 Å². The Hall–Kier alpha value is -1.42. The topological polar surface area (TPSA) is 45.2 Å².